The predicted molar refractivity (Wildman–Crippen MR) is 104 cm³/mol. The van der Waals surface area contributed by atoms with Crippen molar-refractivity contribution >= 4 is 33.5 Å². The lowest BCUT2D eigenvalue weighted by molar-refractivity contribution is 0.102. The van der Waals surface area contributed by atoms with Crippen LogP contribution in [0, 0.1) is 0 Å². The van der Waals surface area contributed by atoms with E-state index in [0.717, 1.165) is 52.7 Å². The number of benzene rings is 1. The van der Waals surface area contributed by atoms with Crippen molar-refractivity contribution in [2.24, 2.45) is 7.05 Å². The van der Waals surface area contributed by atoms with Gasteiger partial charge in [0.1, 0.15) is 0 Å². The van der Waals surface area contributed by atoms with Crippen molar-refractivity contribution in [2.45, 2.75) is 32.2 Å². The van der Waals surface area contributed by atoms with Gasteiger partial charge in [-0.2, -0.15) is 10.2 Å². The third kappa shape index (κ3) is 2.75. The Kier molecular flexibility index (Phi) is 3.50. The van der Waals surface area contributed by atoms with Gasteiger partial charge < -0.3 is 5.32 Å². The molecule has 4 aromatic rings. The first-order valence-electron chi connectivity index (χ1n) is 9.23. The van der Waals surface area contributed by atoms with E-state index < -0.39 is 0 Å². The molecule has 0 atom stereocenters. The lowest BCUT2D eigenvalue weighted by atomic mass is 10.1. The second-order valence-electron chi connectivity index (χ2n) is 7.10. The molecule has 27 heavy (non-hydrogen) atoms. The zero-order chi connectivity index (χ0) is 18.5. The minimum Gasteiger partial charge on any atom is -0.322 e. The van der Waals surface area contributed by atoms with E-state index in [4.69, 9.17) is 4.98 Å². The summed E-state index contributed by atoms with van der Waals surface area (Å²) in [5.74, 6) is 0.330. The second kappa shape index (κ2) is 5.90. The van der Waals surface area contributed by atoms with Gasteiger partial charge in [-0.3, -0.25) is 9.48 Å². The summed E-state index contributed by atoms with van der Waals surface area (Å²) >= 11 is 0. The minimum atomic E-state index is -0.136. The highest BCUT2D eigenvalue weighted by Crippen LogP contribution is 2.40. The van der Waals surface area contributed by atoms with Crippen molar-refractivity contribution in [1.29, 1.82) is 0 Å². The Balaban J connectivity index is 1.54. The molecular weight excluding hydrogens is 340 g/mol. The van der Waals surface area contributed by atoms with E-state index >= 15 is 0 Å². The summed E-state index contributed by atoms with van der Waals surface area (Å²) < 4.78 is 3.61. The van der Waals surface area contributed by atoms with Gasteiger partial charge in [-0.25, -0.2) is 9.67 Å². The molecule has 0 saturated heterocycles. The molecule has 136 valence electrons. The summed E-state index contributed by atoms with van der Waals surface area (Å²) in [4.78, 5) is 17.8. The van der Waals surface area contributed by atoms with Gasteiger partial charge in [-0.1, -0.05) is 0 Å². The first kappa shape index (κ1) is 16.0. The maximum absolute atomic E-state index is 13.1. The van der Waals surface area contributed by atoms with E-state index in [1.54, 1.807) is 10.9 Å². The van der Waals surface area contributed by atoms with Crippen molar-refractivity contribution in [2.75, 3.05) is 5.32 Å². The Morgan fingerprint density at radius 1 is 1.30 bits per heavy atom. The third-order valence-electron chi connectivity index (χ3n) is 5.05. The van der Waals surface area contributed by atoms with E-state index in [-0.39, 0.29) is 5.91 Å². The SMILES string of the molecule is CCn1ncc2c(C(=O)Nc3ccc4nn(C)cc4c3)cc(C3CC3)nc21. The molecule has 1 aliphatic rings. The van der Waals surface area contributed by atoms with Crippen LogP contribution in [-0.4, -0.2) is 30.5 Å². The van der Waals surface area contributed by atoms with E-state index in [0.29, 0.717) is 11.5 Å². The van der Waals surface area contributed by atoms with E-state index in [2.05, 4.69) is 15.5 Å². The van der Waals surface area contributed by atoms with Gasteiger partial charge in [0.2, 0.25) is 0 Å². The number of hydrogen-bond acceptors (Lipinski definition) is 4. The number of nitrogens with one attached hydrogen (secondary N) is 1. The summed E-state index contributed by atoms with van der Waals surface area (Å²) in [5.41, 5.74) is 4.07. The summed E-state index contributed by atoms with van der Waals surface area (Å²) in [7, 11) is 1.89. The number of carbonyl (C=O) groups excluding carboxylic acids is 1. The second-order valence-corrected chi connectivity index (χ2v) is 7.10. The smallest absolute Gasteiger partial charge is 0.256 e. The molecule has 0 bridgehead atoms. The van der Waals surface area contributed by atoms with Gasteiger partial charge in [0.25, 0.3) is 5.91 Å². The van der Waals surface area contributed by atoms with Crippen LogP contribution < -0.4 is 5.32 Å². The Morgan fingerprint density at radius 3 is 2.93 bits per heavy atom. The molecule has 1 aromatic carbocycles. The van der Waals surface area contributed by atoms with Gasteiger partial charge in [-0.05, 0) is 44.0 Å². The molecule has 0 radical (unpaired) electrons. The molecule has 7 nitrogen and oxygen atoms in total. The highest BCUT2D eigenvalue weighted by atomic mass is 16.1. The van der Waals surface area contributed by atoms with Gasteiger partial charge in [0, 0.05) is 42.5 Å². The average molecular weight is 360 g/mol. The number of amides is 1. The summed E-state index contributed by atoms with van der Waals surface area (Å²) in [6, 6.07) is 7.66. The molecule has 0 spiro atoms. The molecule has 0 unspecified atom stereocenters. The van der Waals surface area contributed by atoms with Crippen LogP contribution in [0.25, 0.3) is 21.9 Å². The van der Waals surface area contributed by atoms with E-state index in [1.165, 1.54) is 0 Å². The lowest BCUT2D eigenvalue weighted by Gasteiger charge is -2.09. The van der Waals surface area contributed by atoms with Crippen molar-refractivity contribution in [3.63, 3.8) is 0 Å². The quantitative estimate of drug-likeness (QED) is 0.604. The fourth-order valence-corrected chi connectivity index (χ4v) is 3.50. The van der Waals surface area contributed by atoms with Crippen molar-refractivity contribution in [1.82, 2.24) is 24.5 Å². The number of rotatable bonds is 4. The Bertz CT molecular complexity index is 1180. The third-order valence-corrected chi connectivity index (χ3v) is 5.05. The number of aryl methyl sites for hydroxylation is 2. The first-order chi connectivity index (χ1) is 13.1. The molecular formula is C20H20N6O. The summed E-state index contributed by atoms with van der Waals surface area (Å²) in [5, 5.41) is 13.6. The van der Waals surface area contributed by atoms with E-state index in [9.17, 15) is 4.79 Å². The number of hydrogen-bond donors (Lipinski definition) is 1. The molecule has 1 N–H and O–H groups in total. The zero-order valence-corrected chi connectivity index (χ0v) is 15.3. The number of carbonyl (C=O) groups is 1. The van der Waals surface area contributed by atoms with Crippen LogP contribution in [0.3, 0.4) is 0 Å². The van der Waals surface area contributed by atoms with Crippen LogP contribution in [-0.2, 0) is 13.6 Å². The highest BCUT2D eigenvalue weighted by Gasteiger charge is 2.28. The topological polar surface area (TPSA) is 77.6 Å². The monoisotopic (exact) mass is 360 g/mol. The Labute approximate surface area is 156 Å². The summed E-state index contributed by atoms with van der Waals surface area (Å²) in [6.07, 6.45) is 5.95. The maximum atomic E-state index is 13.1. The number of nitrogens with zero attached hydrogens (tertiary/aromatic N) is 5. The standard InChI is InChI=1S/C20H20N6O/c1-3-26-19-16(10-21-26)15(9-18(23-19)12-4-5-12)20(27)22-14-6-7-17-13(8-14)11-25(2)24-17/h6-12H,3-5H2,1-2H3,(H,22,27). The minimum absolute atomic E-state index is 0.136. The normalized spacial score (nSPS) is 14.1. The van der Waals surface area contributed by atoms with Crippen molar-refractivity contribution < 1.29 is 4.79 Å². The summed E-state index contributed by atoms with van der Waals surface area (Å²) in [6.45, 7) is 2.75. The van der Waals surface area contributed by atoms with Crippen LogP contribution >= 0.6 is 0 Å². The molecule has 1 saturated carbocycles. The van der Waals surface area contributed by atoms with Crippen LogP contribution in [0.1, 0.15) is 41.7 Å². The Hall–Kier alpha value is -3.22. The van der Waals surface area contributed by atoms with Crippen LogP contribution in [0.2, 0.25) is 0 Å². The molecule has 1 aliphatic carbocycles. The van der Waals surface area contributed by atoms with Gasteiger partial charge in [-0.15, -0.1) is 0 Å². The fraction of sp³-hybridized carbons (Fsp3) is 0.300. The average Bonchev–Trinajstić information content (AvgIpc) is 3.32. The molecule has 0 aliphatic heterocycles. The highest BCUT2D eigenvalue weighted by molar-refractivity contribution is 6.12. The van der Waals surface area contributed by atoms with Crippen LogP contribution in [0.5, 0.6) is 0 Å². The van der Waals surface area contributed by atoms with E-state index in [1.807, 2.05) is 49.1 Å². The maximum Gasteiger partial charge on any atom is 0.256 e. The van der Waals surface area contributed by atoms with Crippen LogP contribution in [0.4, 0.5) is 5.69 Å². The number of fused-ring (bicyclic) bond motifs is 2. The predicted octanol–water partition coefficient (Wildman–Crippen LogP) is 3.47. The molecule has 7 heteroatoms. The molecule has 1 fully saturated rings. The molecule has 1 amide bonds. The zero-order valence-electron chi connectivity index (χ0n) is 15.3. The van der Waals surface area contributed by atoms with Crippen LogP contribution in [0.15, 0.2) is 36.7 Å². The number of pyridine rings is 1. The van der Waals surface area contributed by atoms with Crippen molar-refractivity contribution in [3.8, 4) is 0 Å². The van der Waals surface area contributed by atoms with Gasteiger partial charge in [0.15, 0.2) is 5.65 Å². The van der Waals surface area contributed by atoms with Gasteiger partial charge in [0.05, 0.1) is 22.7 Å². The van der Waals surface area contributed by atoms with Gasteiger partial charge >= 0.3 is 0 Å². The number of anilines is 1. The number of aromatic nitrogens is 5. The Morgan fingerprint density at radius 2 is 2.15 bits per heavy atom. The fourth-order valence-electron chi connectivity index (χ4n) is 3.50. The first-order valence-corrected chi connectivity index (χ1v) is 9.23. The largest absolute Gasteiger partial charge is 0.322 e. The lowest BCUT2D eigenvalue weighted by Crippen LogP contribution is -2.13. The van der Waals surface area contributed by atoms with Crippen molar-refractivity contribution in [3.05, 3.63) is 47.9 Å². The molecule has 3 aromatic heterocycles. The molecule has 3 heterocycles. The molecule has 5 rings (SSSR count).